The van der Waals surface area contributed by atoms with Crippen molar-refractivity contribution in [2.24, 2.45) is 0 Å². The van der Waals surface area contributed by atoms with Crippen LogP contribution in [0.15, 0.2) is 0 Å². The topological polar surface area (TPSA) is 127 Å². The van der Waals surface area contributed by atoms with E-state index in [0.29, 0.717) is 0 Å². The highest BCUT2D eigenvalue weighted by atomic mass is 19.1. The number of rotatable bonds is 10. The molecular weight excluding hydrogens is 454 g/mol. The maximum absolute atomic E-state index is 10.9. The Morgan fingerprint density at radius 3 is 0.771 bits per heavy atom. The minimum absolute atomic E-state index is 0.801. The molecule has 0 rings (SSSR count). The predicted molar refractivity (Wildman–Crippen MR) is 136 cm³/mol. The molecule has 0 N–H and O–H groups in total. The molecule has 0 aliphatic carbocycles. The molecule has 210 valence electrons. The molecule has 0 aromatic carbocycles. The average Bonchev–Trinajstić information content (AvgIpc) is 2.87. The van der Waals surface area contributed by atoms with Gasteiger partial charge in [-0.15, -0.1) is 0 Å². The molecule has 0 aromatic rings. The van der Waals surface area contributed by atoms with E-state index >= 15 is 0 Å². The Morgan fingerprint density at radius 1 is 0.629 bits per heavy atom. The van der Waals surface area contributed by atoms with Crippen molar-refractivity contribution in [3.8, 4) is 6.07 Å². The molecule has 11 heteroatoms. The number of Topliss-reactive ketones (excluding diaryl/α,β-unsaturated/α-hetero) is 1. The van der Waals surface area contributed by atoms with Gasteiger partial charge in [-0.1, -0.05) is 0 Å². The quantitative estimate of drug-likeness (QED) is 0.135. The Labute approximate surface area is 215 Å². The molecular formula is C24H54BFN4O5. The van der Waals surface area contributed by atoms with Crippen molar-refractivity contribution in [2.45, 2.75) is 62.3 Å². The second-order valence-electron chi connectivity index (χ2n) is 8.71. The summed E-state index contributed by atoms with van der Waals surface area (Å²) < 4.78 is 14.5. The van der Waals surface area contributed by atoms with Crippen LogP contribution in [0.25, 0.3) is 0 Å². The third-order valence-electron chi connectivity index (χ3n) is 7.15. The monoisotopic (exact) mass is 508 g/mol. The van der Waals surface area contributed by atoms with E-state index < -0.39 is 19.1 Å². The third-order valence-corrected chi connectivity index (χ3v) is 7.15. The van der Waals surface area contributed by atoms with Crippen molar-refractivity contribution in [1.82, 2.24) is 0 Å². The SMILES string of the molecule is CC[N+](C)(CC)CC.CC[N+](C)(CC)CC.CC[N+](C)(CC)CC.N#CC(=O)C(=O)F.[O-]B([O-])[O-]. The number of carbonyl (C=O) groups is 2. The van der Waals surface area contributed by atoms with Crippen molar-refractivity contribution in [3.05, 3.63) is 0 Å². The predicted octanol–water partition coefficient (Wildman–Crippen LogP) is 0.105. The van der Waals surface area contributed by atoms with Crippen LogP contribution in [0, 0.1) is 11.3 Å². The summed E-state index contributed by atoms with van der Waals surface area (Å²) in [5.41, 5.74) is 0. The first-order chi connectivity index (χ1) is 16.0. The number of nitriles is 1. The molecule has 0 bridgehead atoms. The van der Waals surface area contributed by atoms with Crippen LogP contribution in [0.2, 0.25) is 0 Å². The van der Waals surface area contributed by atoms with E-state index in [-0.39, 0.29) is 0 Å². The van der Waals surface area contributed by atoms with Gasteiger partial charge in [-0.05, 0) is 62.3 Å². The lowest BCUT2D eigenvalue weighted by molar-refractivity contribution is -0.904. The van der Waals surface area contributed by atoms with Gasteiger partial charge in [-0.25, -0.2) is 0 Å². The van der Waals surface area contributed by atoms with E-state index in [4.69, 9.17) is 25.1 Å². The van der Waals surface area contributed by atoms with Gasteiger partial charge in [0, 0.05) is 0 Å². The molecule has 35 heavy (non-hydrogen) atoms. The zero-order valence-corrected chi connectivity index (χ0v) is 24.6. The van der Waals surface area contributed by atoms with E-state index in [2.05, 4.69) is 83.5 Å². The van der Waals surface area contributed by atoms with Crippen LogP contribution in [-0.2, 0) is 9.59 Å². The summed E-state index contributed by atoms with van der Waals surface area (Å²) in [4.78, 5) is 18.6. The van der Waals surface area contributed by atoms with Crippen LogP contribution < -0.4 is 15.1 Å². The molecule has 0 fully saturated rings. The summed E-state index contributed by atoms with van der Waals surface area (Å²) in [5, 5.41) is 32.7. The largest absolute Gasteiger partial charge is 0.907 e. The summed E-state index contributed by atoms with van der Waals surface area (Å²) >= 11 is 0. The summed E-state index contributed by atoms with van der Waals surface area (Å²) in [5.74, 6) is -1.65. The molecule has 0 unspecified atom stereocenters. The van der Waals surface area contributed by atoms with Crippen LogP contribution >= 0.6 is 0 Å². The standard InChI is InChI=1S/3C7H18N.C3FNO2.BO3/c3*1-5-8(4,6-2)7-3;4-3(7)2(6)1-5;2-1(3)4/h3*5-7H2,1-4H3;;/q3*+1;;-3. The summed E-state index contributed by atoms with van der Waals surface area (Å²) in [6.07, 6.45) is 0. The maximum atomic E-state index is 10.9. The molecule has 0 aliphatic heterocycles. The van der Waals surface area contributed by atoms with Gasteiger partial charge in [0.25, 0.3) is 0 Å². The van der Waals surface area contributed by atoms with E-state index in [1.807, 2.05) is 0 Å². The molecule has 0 saturated carbocycles. The van der Waals surface area contributed by atoms with Gasteiger partial charge in [0.1, 0.15) is 0 Å². The van der Waals surface area contributed by atoms with Gasteiger partial charge in [0.2, 0.25) is 0 Å². The fourth-order valence-corrected chi connectivity index (χ4v) is 2.06. The van der Waals surface area contributed by atoms with E-state index in [1.165, 1.54) is 72.4 Å². The smallest absolute Gasteiger partial charge is 0.382 e. The molecule has 0 atom stereocenters. The van der Waals surface area contributed by atoms with Crippen LogP contribution in [0.1, 0.15) is 62.3 Å². The Balaban J connectivity index is -0.000000109. The molecule has 0 saturated heterocycles. The first-order valence-electron chi connectivity index (χ1n) is 12.6. The number of halogens is 1. The van der Waals surface area contributed by atoms with Crippen LogP contribution in [-0.4, -0.2) is 113 Å². The Morgan fingerprint density at radius 2 is 0.771 bits per heavy atom. The number of quaternary nitrogens is 3. The van der Waals surface area contributed by atoms with Gasteiger partial charge < -0.3 is 28.5 Å². The molecule has 0 aromatic heterocycles. The number of nitrogens with zero attached hydrogens (tertiary/aromatic N) is 4. The highest BCUT2D eigenvalue weighted by Crippen LogP contribution is 1.99. The third kappa shape index (κ3) is 30.6. The number of hydrogen-bond acceptors (Lipinski definition) is 6. The second kappa shape index (κ2) is 25.7. The van der Waals surface area contributed by atoms with Crippen molar-refractivity contribution < 1.29 is 42.5 Å². The van der Waals surface area contributed by atoms with Gasteiger partial charge in [-0.2, -0.15) is 9.65 Å². The van der Waals surface area contributed by atoms with Crippen molar-refractivity contribution in [3.63, 3.8) is 0 Å². The van der Waals surface area contributed by atoms with Gasteiger partial charge in [-0.3, -0.25) is 16.9 Å². The van der Waals surface area contributed by atoms with Crippen molar-refractivity contribution in [1.29, 1.82) is 5.26 Å². The lowest BCUT2D eigenvalue weighted by Crippen LogP contribution is -2.56. The first kappa shape index (κ1) is 43.6. The molecule has 0 spiro atoms. The van der Waals surface area contributed by atoms with Crippen molar-refractivity contribution >= 4 is 19.1 Å². The molecule has 0 amide bonds. The number of hydrogen-bond donors (Lipinski definition) is 0. The average molecular weight is 509 g/mol. The van der Waals surface area contributed by atoms with Crippen LogP contribution in [0.4, 0.5) is 4.39 Å². The summed E-state index contributed by atoms with van der Waals surface area (Å²) in [6, 6.07) is -1.41. The highest BCUT2D eigenvalue weighted by molar-refractivity contribution is 6.39. The van der Waals surface area contributed by atoms with E-state index in [9.17, 15) is 9.18 Å². The van der Waals surface area contributed by atoms with Crippen LogP contribution in [0.5, 0.6) is 0 Å². The van der Waals surface area contributed by atoms with Crippen molar-refractivity contribution in [2.75, 3.05) is 80.0 Å². The van der Waals surface area contributed by atoms with E-state index in [0.717, 1.165) is 6.07 Å². The zero-order chi connectivity index (χ0) is 29.3. The second-order valence-corrected chi connectivity index (χ2v) is 8.71. The Kier molecular flexibility index (Phi) is 32.0. The zero-order valence-electron chi connectivity index (χ0n) is 24.6. The molecule has 0 heterocycles. The lowest BCUT2D eigenvalue weighted by atomic mass is 10.3. The summed E-state index contributed by atoms with van der Waals surface area (Å²) in [7, 11) is 3.96. The van der Waals surface area contributed by atoms with Crippen LogP contribution in [0.3, 0.4) is 0 Å². The number of ketones is 1. The molecule has 0 aliphatic rings. The first-order valence-corrected chi connectivity index (χ1v) is 12.6. The molecule has 0 radical (unpaired) electrons. The van der Waals surface area contributed by atoms with Gasteiger partial charge in [0.15, 0.2) is 6.07 Å². The Bertz CT molecular complexity index is 478. The van der Waals surface area contributed by atoms with Gasteiger partial charge in [0.05, 0.1) is 80.0 Å². The maximum Gasteiger partial charge on any atom is 0.382 e. The van der Waals surface area contributed by atoms with Gasteiger partial charge >= 0.3 is 11.8 Å². The highest BCUT2D eigenvalue weighted by Gasteiger charge is 2.12. The molecule has 9 nitrogen and oxygen atoms in total. The normalized spacial score (nSPS) is 10.4. The minimum atomic E-state index is -2.92. The number of carbonyl (C=O) groups excluding carboxylic acids is 2. The minimum Gasteiger partial charge on any atom is -0.907 e. The fraction of sp³-hybridized carbons (Fsp3) is 0.875. The fourth-order valence-electron chi connectivity index (χ4n) is 2.06. The Hall–Kier alpha value is -1.42. The van der Waals surface area contributed by atoms with E-state index in [1.54, 1.807) is 0 Å². The summed E-state index contributed by atoms with van der Waals surface area (Å²) in [6.45, 7) is 31.5. The lowest BCUT2D eigenvalue weighted by Gasteiger charge is -2.35.